The van der Waals surface area contributed by atoms with E-state index < -0.39 is 5.60 Å². The summed E-state index contributed by atoms with van der Waals surface area (Å²) < 4.78 is 5.43. The van der Waals surface area contributed by atoms with E-state index in [4.69, 9.17) is 4.74 Å². The van der Waals surface area contributed by atoms with Crippen molar-refractivity contribution in [3.63, 3.8) is 0 Å². The molecular formula is C12H25N2O2+. The van der Waals surface area contributed by atoms with Crippen LogP contribution in [0.25, 0.3) is 0 Å². The van der Waals surface area contributed by atoms with Crippen LogP contribution in [-0.4, -0.2) is 42.3 Å². The zero-order chi connectivity index (χ0) is 12.3. The fourth-order valence-corrected chi connectivity index (χ4v) is 1.99. The number of nitrogens with two attached hydrogens (primary N) is 1. The number of piperazine rings is 1. The fraction of sp³-hybridized carbons (Fsp3) is 0.917. The standard InChI is InChI=1S/C12H24N2O2/c1-9(2)10-8-13-6-7-14(10)11(15)16-12(3,4)5/h9-10,13H,6-8H2,1-5H3/p+1/t10-/m0/s1. The molecule has 0 aromatic rings. The van der Waals surface area contributed by atoms with Gasteiger partial charge in [0.1, 0.15) is 5.60 Å². The number of hydrogen-bond donors (Lipinski definition) is 1. The molecular weight excluding hydrogens is 204 g/mol. The van der Waals surface area contributed by atoms with Crippen molar-refractivity contribution in [2.24, 2.45) is 5.92 Å². The second-order valence-electron chi connectivity index (χ2n) is 5.80. The molecule has 4 heteroatoms. The van der Waals surface area contributed by atoms with E-state index in [0.29, 0.717) is 12.0 Å². The first-order chi connectivity index (χ1) is 7.31. The third-order valence-electron chi connectivity index (χ3n) is 2.78. The minimum Gasteiger partial charge on any atom is -0.444 e. The number of quaternary nitrogens is 1. The molecule has 1 rings (SSSR count). The number of nitrogens with zero attached hydrogens (tertiary/aromatic N) is 1. The Morgan fingerprint density at radius 1 is 1.44 bits per heavy atom. The van der Waals surface area contributed by atoms with Crippen LogP contribution in [0.2, 0.25) is 0 Å². The lowest BCUT2D eigenvalue weighted by Crippen LogP contribution is -2.92. The SMILES string of the molecule is CC(C)[C@@H]1C[NH2+]CCN1C(=O)OC(C)(C)C. The first kappa shape index (κ1) is 13.3. The van der Waals surface area contributed by atoms with Crippen LogP contribution in [-0.2, 0) is 4.74 Å². The maximum atomic E-state index is 12.0. The third kappa shape index (κ3) is 3.67. The topological polar surface area (TPSA) is 46.2 Å². The van der Waals surface area contributed by atoms with Gasteiger partial charge in [-0.1, -0.05) is 13.8 Å². The zero-order valence-corrected chi connectivity index (χ0v) is 11.1. The highest BCUT2D eigenvalue weighted by molar-refractivity contribution is 5.68. The third-order valence-corrected chi connectivity index (χ3v) is 2.78. The van der Waals surface area contributed by atoms with Crippen molar-refractivity contribution in [3.8, 4) is 0 Å². The molecule has 0 aromatic carbocycles. The largest absolute Gasteiger partial charge is 0.444 e. The Kier molecular flexibility index (Phi) is 4.19. The molecule has 0 unspecified atom stereocenters. The van der Waals surface area contributed by atoms with E-state index in [2.05, 4.69) is 19.2 Å². The van der Waals surface area contributed by atoms with Crippen LogP contribution in [0.5, 0.6) is 0 Å². The predicted octanol–water partition coefficient (Wildman–Crippen LogP) is 0.825. The Morgan fingerprint density at radius 3 is 2.56 bits per heavy atom. The lowest BCUT2D eigenvalue weighted by atomic mass is 10.0. The molecule has 1 atom stereocenters. The molecule has 1 aliphatic rings. The molecule has 0 radical (unpaired) electrons. The molecule has 1 heterocycles. The van der Waals surface area contributed by atoms with Crippen LogP contribution in [0, 0.1) is 5.92 Å². The number of hydrogen-bond acceptors (Lipinski definition) is 2. The van der Waals surface area contributed by atoms with Gasteiger partial charge in [0.25, 0.3) is 0 Å². The number of carbonyl (C=O) groups is 1. The lowest BCUT2D eigenvalue weighted by Gasteiger charge is -2.37. The quantitative estimate of drug-likeness (QED) is 0.724. The molecule has 1 saturated heterocycles. The van der Waals surface area contributed by atoms with Crippen LogP contribution in [0.1, 0.15) is 34.6 Å². The van der Waals surface area contributed by atoms with E-state index in [-0.39, 0.29) is 6.09 Å². The van der Waals surface area contributed by atoms with E-state index in [1.54, 1.807) is 0 Å². The number of carbonyl (C=O) groups excluding carboxylic acids is 1. The van der Waals surface area contributed by atoms with Gasteiger partial charge >= 0.3 is 6.09 Å². The fourth-order valence-electron chi connectivity index (χ4n) is 1.99. The molecule has 1 fully saturated rings. The zero-order valence-electron chi connectivity index (χ0n) is 11.1. The minimum absolute atomic E-state index is 0.167. The summed E-state index contributed by atoms with van der Waals surface area (Å²) in [6, 6.07) is 0.295. The van der Waals surface area contributed by atoms with Gasteiger partial charge in [0, 0.05) is 0 Å². The first-order valence-corrected chi connectivity index (χ1v) is 6.12. The van der Waals surface area contributed by atoms with Gasteiger partial charge < -0.3 is 10.1 Å². The van der Waals surface area contributed by atoms with Gasteiger partial charge in [0.2, 0.25) is 0 Å². The summed E-state index contributed by atoms with van der Waals surface area (Å²) in [6.45, 7) is 12.8. The van der Waals surface area contributed by atoms with Gasteiger partial charge in [-0.3, -0.25) is 4.90 Å². The molecule has 0 saturated carbocycles. The van der Waals surface area contributed by atoms with Crippen LogP contribution in [0.3, 0.4) is 0 Å². The maximum absolute atomic E-state index is 12.0. The summed E-state index contributed by atoms with van der Waals surface area (Å²) in [5, 5.41) is 2.27. The molecule has 0 spiro atoms. The molecule has 1 amide bonds. The summed E-state index contributed by atoms with van der Waals surface area (Å²) in [5.41, 5.74) is -0.403. The molecule has 0 aliphatic carbocycles. The average Bonchev–Trinajstić information content (AvgIpc) is 2.15. The number of amides is 1. The molecule has 1 aliphatic heterocycles. The van der Waals surface area contributed by atoms with Crippen molar-refractivity contribution in [1.29, 1.82) is 0 Å². The summed E-state index contributed by atoms with van der Waals surface area (Å²) in [4.78, 5) is 13.9. The highest BCUT2D eigenvalue weighted by Gasteiger charge is 2.33. The van der Waals surface area contributed by atoms with Gasteiger partial charge in [-0.15, -0.1) is 0 Å². The first-order valence-electron chi connectivity index (χ1n) is 6.12. The molecule has 16 heavy (non-hydrogen) atoms. The van der Waals surface area contributed by atoms with Crippen molar-refractivity contribution >= 4 is 6.09 Å². The van der Waals surface area contributed by atoms with Crippen molar-refractivity contribution < 1.29 is 14.8 Å². The Hall–Kier alpha value is -0.770. The van der Waals surface area contributed by atoms with Crippen LogP contribution >= 0.6 is 0 Å². The molecule has 0 bridgehead atoms. The van der Waals surface area contributed by atoms with Crippen LogP contribution in [0.15, 0.2) is 0 Å². The van der Waals surface area contributed by atoms with E-state index in [9.17, 15) is 4.79 Å². The van der Waals surface area contributed by atoms with Crippen molar-refractivity contribution in [2.75, 3.05) is 19.6 Å². The molecule has 2 N–H and O–H groups in total. The smallest absolute Gasteiger partial charge is 0.410 e. The Balaban J connectivity index is 2.64. The highest BCUT2D eigenvalue weighted by atomic mass is 16.6. The van der Waals surface area contributed by atoms with Crippen LogP contribution in [0.4, 0.5) is 4.79 Å². The van der Waals surface area contributed by atoms with Gasteiger partial charge in [-0.05, 0) is 26.7 Å². The second-order valence-corrected chi connectivity index (χ2v) is 5.80. The van der Waals surface area contributed by atoms with E-state index in [1.165, 1.54) is 0 Å². The summed E-state index contributed by atoms with van der Waals surface area (Å²) in [5.74, 6) is 0.476. The normalized spacial score (nSPS) is 22.4. The van der Waals surface area contributed by atoms with Crippen molar-refractivity contribution in [2.45, 2.75) is 46.3 Å². The summed E-state index contributed by atoms with van der Waals surface area (Å²) in [6.07, 6.45) is -0.167. The highest BCUT2D eigenvalue weighted by Crippen LogP contribution is 2.16. The Labute approximate surface area is 98.3 Å². The van der Waals surface area contributed by atoms with Gasteiger partial charge in [0.15, 0.2) is 0 Å². The minimum atomic E-state index is -0.403. The van der Waals surface area contributed by atoms with Crippen molar-refractivity contribution in [1.82, 2.24) is 4.90 Å². The van der Waals surface area contributed by atoms with Gasteiger partial charge in [0.05, 0.1) is 25.7 Å². The Bertz CT molecular complexity index is 246. The summed E-state index contributed by atoms with van der Waals surface area (Å²) >= 11 is 0. The average molecular weight is 229 g/mol. The molecule has 0 aromatic heterocycles. The Morgan fingerprint density at radius 2 is 2.06 bits per heavy atom. The predicted molar refractivity (Wildman–Crippen MR) is 63.2 cm³/mol. The molecule has 4 nitrogen and oxygen atoms in total. The second kappa shape index (κ2) is 5.04. The number of rotatable bonds is 1. The van der Waals surface area contributed by atoms with Crippen molar-refractivity contribution in [3.05, 3.63) is 0 Å². The summed E-state index contributed by atoms with van der Waals surface area (Å²) in [7, 11) is 0. The van der Waals surface area contributed by atoms with Gasteiger partial charge in [-0.2, -0.15) is 0 Å². The van der Waals surface area contributed by atoms with E-state index in [0.717, 1.165) is 19.6 Å². The lowest BCUT2D eigenvalue weighted by molar-refractivity contribution is -0.668. The molecule has 94 valence electrons. The van der Waals surface area contributed by atoms with E-state index >= 15 is 0 Å². The van der Waals surface area contributed by atoms with Gasteiger partial charge in [-0.25, -0.2) is 4.79 Å². The van der Waals surface area contributed by atoms with Crippen LogP contribution < -0.4 is 5.32 Å². The monoisotopic (exact) mass is 229 g/mol. The number of ether oxygens (including phenoxy) is 1. The van der Waals surface area contributed by atoms with E-state index in [1.807, 2.05) is 25.7 Å². The maximum Gasteiger partial charge on any atom is 0.410 e.